The number of fused-ring (bicyclic) bond motifs is 1. The van der Waals surface area contributed by atoms with Gasteiger partial charge < -0.3 is 25.2 Å². The molecule has 1 saturated carbocycles. The van der Waals surface area contributed by atoms with Crippen molar-refractivity contribution in [1.29, 1.82) is 0 Å². The molecule has 12 heteroatoms. The van der Waals surface area contributed by atoms with Crippen LogP contribution in [0.1, 0.15) is 39.2 Å². The molecule has 0 spiro atoms. The van der Waals surface area contributed by atoms with Crippen LogP contribution in [-0.2, 0) is 10.9 Å². The molecule has 1 aliphatic carbocycles. The number of ether oxygens (including phenoxy) is 1. The number of carbonyl (C=O) groups excluding carboxylic acids is 1. The predicted molar refractivity (Wildman–Crippen MR) is 139 cm³/mol. The lowest BCUT2D eigenvalue weighted by Crippen LogP contribution is -2.50. The van der Waals surface area contributed by atoms with Gasteiger partial charge in [-0.2, -0.15) is 18.2 Å². The largest absolute Gasteiger partial charge is 0.444 e. The number of halogens is 3. The lowest BCUT2D eigenvalue weighted by molar-refractivity contribution is -0.137. The second kappa shape index (κ2) is 9.55. The topological polar surface area (TPSA) is 82.6 Å². The number of nitrogens with one attached hydrogen (secondary N) is 2. The molecule has 5 rings (SSSR count). The zero-order chi connectivity index (χ0) is 26.4. The maximum Gasteiger partial charge on any atom is 0.418 e. The number of benzene rings is 1. The van der Waals surface area contributed by atoms with E-state index < -0.39 is 23.4 Å². The van der Waals surface area contributed by atoms with E-state index in [9.17, 15) is 18.0 Å². The number of anilines is 4. The molecule has 0 bridgehead atoms. The fourth-order valence-corrected chi connectivity index (χ4v) is 4.92. The number of thiophene rings is 1. The fraction of sp³-hybridized carbons (Fsp3) is 0.480. The normalized spacial score (nSPS) is 16.7. The molecule has 0 unspecified atom stereocenters. The molecule has 1 amide bonds. The number of rotatable bonds is 5. The summed E-state index contributed by atoms with van der Waals surface area (Å²) in [6, 6.07) is 6.39. The minimum Gasteiger partial charge on any atom is -0.444 e. The van der Waals surface area contributed by atoms with Crippen molar-refractivity contribution in [2.75, 3.05) is 41.7 Å². The predicted octanol–water partition coefficient (Wildman–Crippen LogP) is 6.09. The Kier molecular flexibility index (Phi) is 6.55. The molecule has 2 aromatic heterocycles. The van der Waals surface area contributed by atoms with Gasteiger partial charge in [-0.25, -0.2) is 9.78 Å². The van der Waals surface area contributed by atoms with Crippen molar-refractivity contribution >= 4 is 50.8 Å². The molecule has 2 N–H and O–H groups in total. The molecule has 3 aromatic rings. The third-order valence-electron chi connectivity index (χ3n) is 6.05. The third kappa shape index (κ3) is 6.00. The first-order valence-electron chi connectivity index (χ1n) is 12.2. The maximum absolute atomic E-state index is 14.1. The van der Waals surface area contributed by atoms with Crippen LogP contribution in [-0.4, -0.2) is 58.8 Å². The van der Waals surface area contributed by atoms with Crippen LogP contribution in [0, 0.1) is 0 Å². The smallest absolute Gasteiger partial charge is 0.418 e. The summed E-state index contributed by atoms with van der Waals surface area (Å²) < 4.78 is 48.7. The lowest BCUT2D eigenvalue weighted by Gasteiger charge is -2.37. The van der Waals surface area contributed by atoms with E-state index in [0.29, 0.717) is 11.9 Å². The SMILES string of the molecule is CC(C)(C)OC(=O)N1CCN(c2ccc(Nc3nc(NC4CC4)c4sccc4n3)cc2C(F)(F)F)CC1. The Morgan fingerprint density at radius 1 is 1.08 bits per heavy atom. The van der Waals surface area contributed by atoms with Crippen LogP contribution in [0.5, 0.6) is 0 Å². The summed E-state index contributed by atoms with van der Waals surface area (Å²) in [5, 5.41) is 8.26. The standard InChI is InChI=1S/C25H29F3N6O2S/c1-24(2,3)36-23(35)34-11-9-33(10-12-34)19-7-6-16(14-17(19)25(26,27)28)30-22-31-18-8-13-37-20(18)21(32-22)29-15-4-5-15/h6-8,13-15H,4-5,9-12H2,1-3H3,(H2,29,30,31,32). The minimum atomic E-state index is -4.56. The van der Waals surface area contributed by atoms with Gasteiger partial charge in [-0.1, -0.05) is 0 Å². The van der Waals surface area contributed by atoms with E-state index in [1.165, 1.54) is 22.3 Å². The summed E-state index contributed by atoms with van der Waals surface area (Å²) in [7, 11) is 0. The highest BCUT2D eigenvalue weighted by molar-refractivity contribution is 7.17. The highest BCUT2D eigenvalue weighted by Gasteiger charge is 2.36. The summed E-state index contributed by atoms with van der Waals surface area (Å²) >= 11 is 1.52. The van der Waals surface area contributed by atoms with Crippen LogP contribution in [0.25, 0.3) is 10.2 Å². The number of alkyl halides is 3. The van der Waals surface area contributed by atoms with Crippen LogP contribution >= 0.6 is 11.3 Å². The molecule has 198 valence electrons. The number of amides is 1. The van der Waals surface area contributed by atoms with Crippen molar-refractivity contribution in [2.45, 2.75) is 51.4 Å². The van der Waals surface area contributed by atoms with E-state index in [4.69, 9.17) is 4.74 Å². The summed E-state index contributed by atoms with van der Waals surface area (Å²) in [6.07, 6.45) is -2.88. The number of carbonyl (C=O) groups is 1. The number of nitrogens with zero attached hydrogens (tertiary/aromatic N) is 4. The third-order valence-corrected chi connectivity index (χ3v) is 6.96. The maximum atomic E-state index is 14.1. The van der Waals surface area contributed by atoms with Crippen molar-refractivity contribution in [1.82, 2.24) is 14.9 Å². The van der Waals surface area contributed by atoms with E-state index in [0.717, 1.165) is 29.1 Å². The number of piperazine rings is 1. The van der Waals surface area contributed by atoms with Gasteiger partial charge in [0, 0.05) is 43.6 Å². The number of hydrogen-bond acceptors (Lipinski definition) is 8. The Balaban J connectivity index is 1.35. The van der Waals surface area contributed by atoms with Gasteiger partial charge >= 0.3 is 12.3 Å². The van der Waals surface area contributed by atoms with Crippen LogP contribution in [0.4, 0.5) is 41.1 Å². The summed E-state index contributed by atoms with van der Waals surface area (Å²) in [4.78, 5) is 24.5. The first-order valence-corrected chi connectivity index (χ1v) is 13.1. The molecule has 3 heterocycles. The average Bonchev–Trinajstić information content (AvgIpc) is 3.50. The molecule has 37 heavy (non-hydrogen) atoms. The zero-order valence-electron chi connectivity index (χ0n) is 20.9. The molecule has 1 aliphatic heterocycles. The Hall–Kier alpha value is -3.28. The van der Waals surface area contributed by atoms with E-state index in [2.05, 4.69) is 20.6 Å². The summed E-state index contributed by atoms with van der Waals surface area (Å²) in [5.74, 6) is 0.932. The monoisotopic (exact) mass is 534 g/mol. The Morgan fingerprint density at radius 2 is 1.81 bits per heavy atom. The molecule has 2 aliphatic rings. The van der Waals surface area contributed by atoms with E-state index >= 15 is 0 Å². The highest BCUT2D eigenvalue weighted by Crippen LogP contribution is 2.39. The minimum absolute atomic E-state index is 0.0761. The van der Waals surface area contributed by atoms with Crippen LogP contribution in [0.3, 0.4) is 0 Å². The van der Waals surface area contributed by atoms with Crippen LogP contribution < -0.4 is 15.5 Å². The number of aromatic nitrogens is 2. The van der Waals surface area contributed by atoms with Crippen molar-refractivity contribution in [3.8, 4) is 0 Å². The van der Waals surface area contributed by atoms with Gasteiger partial charge in [0.2, 0.25) is 5.95 Å². The average molecular weight is 535 g/mol. The van der Waals surface area contributed by atoms with Crippen molar-refractivity contribution in [2.24, 2.45) is 0 Å². The van der Waals surface area contributed by atoms with E-state index in [1.54, 1.807) is 31.7 Å². The first kappa shape index (κ1) is 25.4. The van der Waals surface area contributed by atoms with Gasteiger partial charge in [-0.05, 0) is 63.3 Å². The molecule has 0 atom stereocenters. The Morgan fingerprint density at radius 3 is 2.46 bits per heavy atom. The highest BCUT2D eigenvalue weighted by atomic mass is 32.1. The van der Waals surface area contributed by atoms with Crippen molar-refractivity contribution in [3.63, 3.8) is 0 Å². The molecule has 8 nitrogen and oxygen atoms in total. The van der Waals surface area contributed by atoms with Gasteiger partial charge in [0.15, 0.2) is 0 Å². The van der Waals surface area contributed by atoms with Crippen LogP contribution in [0.15, 0.2) is 29.6 Å². The van der Waals surface area contributed by atoms with Crippen LogP contribution in [0.2, 0.25) is 0 Å². The van der Waals surface area contributed by atoms with Gasteiger partial charge in [0.1, 0.15) is 11.4 Å². The second-order valence-electron chi connectivity index (χ2n) is 10.3. The Labute approximate surface area is 216 Å². The first-order chi connectivity index (χ1) is 17.5. The molecule has 0 radical (unpaired) electrons. The zero-order valence-corrected chi connectivity index (χ0v) is 21.7. The molecular formula is C25H29F3N6O2S. The molecule has 1 aromatic carbocycles. The van der Waals surface area contributed by atoms with E-state index in [1.807, 2.05) is 11.4 Å². The van der Waals surface area contributed by atoms with Crippen molar-refractivity contribution in [3.05, 3.63) is 35.2 Å². The van der Waals surface area contributed by atoms with Gasteiger partial charge in [-0.3, -0.25) is 0 Å². The molecular weight excluding hydrogens is 505 g/mol. The second-order valence-corrected chi connectivity index (χ2v) is 11.2. The van der Waals surface area contributed by atoms with E-state index in [-0.39, 0.29) is 43.5 Å². The molecule has 1 saturated heterocycles. The number of hydrogen-bond donors (Lipinski definition) is 2. The summed E-state index contributed by atoms with van der Waals surface area (Å²) in [5.41, 5.74) is -0.327. The van der Waals surface area contributed by atoms with Gasteiger partial charge in [-0.15, -0.1) is 11.3 Å². The fourth-order valence-electron chi connectivity index (χ4n) is 4.14. The van der Waals surface area contributed by atoms with Crippen molar-refractivity contribution < 1.29 is 22.7 Å². The van der Waals surface area contributed by atoms with Gasteiger partial charge in [0.05, 0.1) is 15.8 Å². The van der Waals surface area contributed by atoms with Gasteiger partial charge in [0.25, 0.3) is 0 Å². The Bertz CT molecular complexity index is 1290. The summed E-state index contributed by atoms with van der Waals surface area (Å²) in [6.45, 7) is 6.42. The lowest BCUT2D eigenvalue weighted by atomic mass is 10.1. The quantitative estimate of drug-likeness (QED) is 0.410. The molecule has 2 fully saturated rings.